The fourth-order valence-corrected chi connectivity index (χ4v) is 1.82. The van der Waals surface area contributed by atoms with Crippen LogP contribution in [0.5, 0.6) is 0 Å². The van der Waals surface area contributed by atoms with Gasteiger partial charge in [-0.25, -0.2) is 15.1 Å². The quantitative estimate of drug-likeness (QED) is 0.103. The fourth-order valence-electron chi connectivity index (χ4n) is 1.82. The average Bonchev–Trinajstić information content (AvgIpc) is 2.45. The van der Waals surface area contributed by atoms with Gasteiger partial charge in [-0.3, -0.25) is 0 Å². The van der Waals surface area contributed by atoms with Crippen LogP contribution in [0.1, 0.15) is 18.4 Å². The van der Waals surface area contributed by atoms with Crippen molar-refractivity contribution in [3.8, 4) is 0 Å². The summed E-state index contributed by atoms with van der Waals surface area (Å²) >= 11 is 0. The molecule has 0 saturated carbocycles. The number of guanidine groups is 1. The Labute approximate surface area is 129 Å². The number of aliphatic imine (C=N–C) groups is 1. The van der Waals surface area contributed by atoms with Crippen molar-refractivity contribution in [3.05, 3.63) is 39.9 Å². The molecule has 0 spiro atoms. The maximum absolute atomic E-state index is 10.1. The van der Waals surface area contributed by atoms with E-state index in [1.165, 1.54) is 0 Å². The van der Waals surface area contributed by atoms with Crippen LogP contribution in [0.4, 0.5) is 5.69 Å². The van der Waals surface area contributed by atoms with Crippen LogP contribution < -0.4 is 27.9 Å². The lowest BCUT2D eigenvalue weighted by Gasteiger charge is -2.12. The van der Waals surface area contributed by atoms with Crippen LogP contribution >= 0.6 is 0 Å². The summed E-state index contributed by atoms with van der Waals surface area (Å²) in [5.74, 6) is -0.194. The maximum Gasteiger partial charge on any atom is 0.251 e. The normalized spacial score (nSPS) is 12.9. The highest BCUT2D eigenvalue weighted by atomic mass is 16.7. The van der Waals surface area contributed by atoms with Gasteiger partial charge in [0.25, 0.3) is 5.96 Å². The summed E-state index contributed by atoms with van der Waals surface area (Å²) in [5.41, 5.74) is 20.6. The van der Waals surface area contributed by atoms with E-state index in [9.17, 15) is 10.1 Å². The molecule has 22 heavy (non-hydrogen) atoms. The highest BCUT2D eigenvalue weighted by Gasteiger charge is 2.03. The number of nitrogens with two attached hydrogens (primary N) is 3. The molecular formula is C13H23N7O2. The molecule has 1 aromatic rings. The van der Waals surface area contributed by atoms with Crippen LogP contribution in [0.3, 0.4) is 0 Å². The van der Waals surface area contributed by atoms with Gasteiger partial charge in [0.1, 0.15) is 0 Å². The third-order valence-corrected chi connectivity index (χ3v) is 2.94. The zero-order valence-corrected chi connectivity index (χ0v) is 12.4. The van der Waals surface area contributed by atoms with Crippen molar-refractivity contribution < 1.29 is 5.03 Å². The second-order valence-corrected chi connectivity index (χ2v) is 4.91. The lowest BCUT2D eigenvalue weighted by Crippen LogP contribution is -2.36. The molecule has 9 nitrogen and oxygen atoms in total. The number of benzene rings is 1. The number of nitro groups is 1. The van der Waals surface area contributed by atoms with Crippen molar-refractivity contribution >= 4 is 11.6 Å². The molecule has 122 valence electrons. The van der Waals surface area contributed by atoms with Gasteiger partial charge in [0.15, 0.2) is 5.03 Å². The zero-order valence-electron chi connectivity index (χ0n) is 12.4. The summed E-state index contributed by atoms with van der Waals surface area (Å²) in [6.45, 7) is 1.81. The Kier molecular flexibility index (Phi) is 7.65. The van der Waals surface area contributed by atoms with Gasteiger partial charge >= 0.3 is 0 Å². The molecule has 0 bridgehead atoms. The third kappa shape index (κ3) is 8.02. The van der Waals surface area contributed by atoms with Crippen molar-refractivity contribution in [1.29, 1.82) is 0 Å². The van der Waals surface area contributed by atoms with Crippen LogP contribution in [-0.4, -0.2) is 30.1 Å². The van der Waals surface area contributed by atoms with Gasteiger partial charge in [0.05, 0.1) is 0 Å². The first-order chi connectivity index (χ1) is 10.5. The van der Waals surface area contributed by atoms with Crippen molar-refractivity contribution in [1.82, 2.24) is 10.7 Å². The van der Waals surface area contributed by atoms with E-state index in [-0.39, 0.29) is 12.0 Å². The summed E-state index contributed by atoms with van der Waals surface area (Å²) in [6, 6.07) is 7.64. The molecule has 0 aliphatic carbocycles. The van der Waals surface area contributed by atoms with Crippen LogP contribution in [0.15, 0.2) is 29.3 Å². The first kappa shape index (κ1) is 17.7. The Bertz CT molecular complexity index is 490. The number of nitrogens with zero attached hydrogens (tertiary/aromatic N) is 2. The number of nitrogen functional groups attached to an aromatic ring is 1. The highest BCUT2D eigenvalue weighted by Crippen LogP contribution is 2.04. The maximum atomic E-state index is 10.1. The van der Waals surface area contributed by atoms with E-state index in [1.54, 1.807) is 5.43 Å². The molecule has 0 heterocycles. The number of hydrazine groups is 1. The number of anilines is 1. The van der Waals surface area contributed by atoms with Crippen LogP contribution in [0.25, 0.3) is 0 Å². The van der Waals surface area contributed by atoms with E-state index >= 15 is 0 Å². The fraction of sp³-hybridized carbons (Fsp3) is 0.462. The molecule has 0 unspecified atom stereocenters. The minimum absolute atomic E-state index is 0.00585. The van der Waals surface area contributed by atoms with Crippen LogP contribution in [0, 0.1) is 10.1 Å². The van der Waals surface area contributed by atoms with E-state index in [0.29, 0.717) is 19.5 Å². The molecule has 0 aromatic heterocycles. The van der Waals surface area contributed by atoms with E-state index in [0.717, 1.165) is 24.2 Å². The number of rotatable bonds is 9. The van der Waals surface area contributed by atoms with E-state index < -0.39 is 5.03 Å². The van der Waals surface area contributed by atoms with Crippen LogP contribution in [0.2, 0.25) is 0 Å². The molecule has 0 fully saturated rings. The predicted octanol–water partition coefficient (Wildman–Crippen LogP) is -0.438. The molecule has 1 rings (SSSR count). The summed E-state index contributed by atoms with van der Waals surface area (Å²) < 4.78 is 0. The predicted molar refractivity (Wildman–Crippen MR) is 86.4 cm³/mol. The first-order valence-corrected chi connectivity index (χ1v) is 6.99. The number of hydrogen-bond donors (Lipinski definition) is 5. The van der Waals surface area contributed by atoms with Crippen molar-refractivity contribution in [2.24, 2.45) is 16.5 Å². The minimum atomic E-state index is -0.744. The highest BCUT2D eigenvalue weighted by molar-refractivity contribution is 5.76. The lowest BCUT2D eigenvalue weighted by atomic mass is 10.1. The second kappa shape index (κ2) is 9.53. The van der Waals surface area contributed by atoms with E-state index in [4.69, 9.17) is 17.2 Å². The largest absolute Gasteiger partial charge is 0.399 e. The SMILES string of the molecule is NC(=NCCC[C@H](N)CNCc1ccc(N)cc1)N[N+](=O)[O-]. The van der Waals surface area contributed by atoms with Gasteiger partial charge in [-0.2, -0.15) is 0 Å². The summed E-state index contributed by atoms with van der Waals surface area (Å²) in [4.78, 5) is 13.9. The van der Waals surface area contributed by atoms with Gasteiger partial charge in [0.2, 0.25) is 0 Å². The van der Waals surface area contributed by atoms with Gasteiger partial charge in [-0.05, 0) is 30.5 Å². The van der Waals surface area contributed by atoms with E-state index in [1.807, 2.05) is 24.3 Å². The second-order valence-electron chi connectivity index (χ2n) is 4.91. The Balaban J connectivity index is 2.12. The molecule has 0 saturated heterocycles. The van der Waals surface area contributed by atoms with Crippen molar-refractivity contribution in [2.75, 3.05) is 18.8 Å². The van der Waals surface area contributed by atoms with Crippen LogP contribution in [-0.2, 0) is 6.54 Å². The number of nitrogens with one attached hydrogen (secondary N) is 2. The smallest absolute Gasteiger partial charge is 0.251 e. The topological polar surface area (TPSA) is 158 Å². The van der Waals surface area contributed by atoms with Gasteiger partial charge in [0, 0.05) is 31.4 Å². The Morgan fingerprint density at radius 3 is 2.68 bits per heavy atom. The minimum Gasteiger partial charge on any atom is -0.399 e. The first-order valence-electron chi connectivity index (χ1n) is 6.99. The third-order valence-electron chi connectivity index (χ3n) is 2.94. The molecular weight excluding hydrogens is 286 g/mol. The monoisotopic (exact) mass is 309 g/mol. The van der Waals surface area contributed by atoms with Gasteiger partial charge in [-0.15, -0.1) is 0 Å². The molecule has 0 aliphatic heterocycles. The molecule has 9 heteroatoms. The summed E-state index contributed by atoms with van der Waals surface area (Å²) in [5, 5.41) is 12.6. The Morgan fingerprint density at radius 1 is 1.36 bits per heavy atom. The summed E-state index contributed by atoms with van der Waals surface area (Å²) in [7, 11) is 0. The van der Waals surface area contributed by atoms with Gasteiger partial charge in [-0.1, -0.05) is 17.6 Å². The molecule has 8 N–H and O–H groups in total. The molecule has 0 radical (unpaired) electrons. The molecule has 1 aromatic carbocycles. The molecule has 0 amide bonds. The zero-order chi connectivity index (χ0) is 16.4. The standard InChI is InChI=1S/C13H23N7O2/c14-11-5-3-10(4-6-11)8-17-9-12(15)2-1-7-18-13(16)19-20(21)22/h3-6,12,17H,1-2,7-9,14-15H2,(H3,16,18,19)/t12-/m0/s1. The average molecular weight is 309 g/mol. The Hall–Kier alpha value is -2.39. The molecule has 1 atom stereocenters. The molecule has 0 aliphatic rings. The number of hydrogen-bond acceptors (Lipinski definition) is 6. The lowest BCUT2D eigenvalue weighted by molar-refractivity contribution is -0.525. The Morgan fingerprint density at radius 2 is 2.05 bits per heavy atom. The van der Waals surface area contributed by atoms with Gasteiger partial charge < -0.3 is 22.5 Å². The van der Waals surface area contributed by atoms with Crippen molar-refractivity contribution in [3.63, 3.8) is 0 Å². The van der Waals surface area contributed by atoms with E-state index in [2.05, 4.69) is 10.3 Å². The van der Waals surface area contributed by atoms with Crippen molar-refractivity contribution in [2.45, 2.75) is 25.4 Å². The summed E-state index contributed by atoms with van der Waals surface area (Å²) in [6.07, 6.45) is 1.47.